The molecule has 10 heteroatoms. The molecule has 0 unspecified atom stereocenters. The summed E-state index contributed by atoms with van der Waals surface area (Å²) in [6, 6.07) is 24.1. The number of imide groups is 1. The van der Waals surface area contributed by atoms with Crippen LogP contribution in [-0.4, -0.2) is 42.2 Å². The molecule has 0 spiro atoms. The Hall–Kier alpha value is -4.47. The van der Waals surface area contributed by atoms with Crippen LogP contribution in [0, 0.1) is 0 Å². The second kappa shape index (κ2) is 13.0. The molecular formula is C32H27ClN2O6S. The Kier molecular flexibility index (Phi) is 9.00. The number of thioether (sulfide) groups is 1. The zero-order valence-corrected chi connectivity index (χ0v) is 24.5. The van der Waals surface area contributed by atoms with Crippen LogP contribution in [0.15, 0.2) is 83.8 Å². The molecule has 0 bridgehead atoms. The third-order valence-corrected chi connectivity index (χ3v) is 7.62. The lowest BCUT2D eigenvalue weighted by Gasteiger charge is -2.15. The summed E-state index contributed by atoms with van der Waals surface area (Å²) in [7, 11) is 1.54. The van der Waals surface area contributed by atoms with Gasteiger partial charge in [0.25, 0.3) is 11.1 Å². The highest BCUT2D eigenvalue weighted by Crippen LogP contribution is 2.40. The van der Waals surface area contributed by atoms with E-state index >= 15 is 0 Å². The van der Waals surface area contributed by atoms with Crippen LogP contribution < -0.4 is 19.5 Å². The molecule has 3 amide bonds. The van der Waals surface area contributed by atoms with Gasteiger partial charge in [-0.25, -0.2) is 0 Å². The molecule has 4 aromatic carbocycles. The average Bonchev–Trinajstić information content (AvgIpc) is 3.24. The zero-order valence-electron chi connectivity index (χ0n) is 22.9. The minimum absolute atomic E-state index is 0.167. The van der Waals surface area contributed by atoms with Gasteiger partial charge in [-0.3, -0.25) is 19.3 Å². The van der Waals surface area contributed by atoms with Crippen molar-refractivity contribution in [2.75, 3.05) is 25.6 Å². The molecule has 1 N–H and O–H groups in total. The minimum Gasteiger partial charge on any atom is -0.497 e. The highest BCUT2D eigenvalue weighted by Gasteiger charge is 2.36. The van der Waals surface area contributed by atoms with Crippen molar-refractivity contribution in [2.45, 2.75) is 13.5 Å². The van der Waals surface area contributed by atoms with E-state index in [4.69, 9.17) is 25.8 Å². The first kappa shape index (κ1) is 29.0. The summed E-state index contributed by atoms with van der Waals surface area (Å²) in [5.74, 6) is 0.362. The van der Waals surface area contributed by atoms with E-state index in [1.54, 1.807) is 49.6 Å². The highest BCUT2D eigenvalue weighted by molar-refractivity contribution is 8.18. The number of ether oxygens (including phenoxy) is 3. The summed E-state index contributed by atoms with van der Waals surface area (Å²) in [6.45, 7) is 2.07. The molecule has 1 fully saturated rings. The van der Waals surface area contributed by atoms with Crippen molar-refractivity contribution >= 4 is 63.0 Å². The highest BCUT2D eigenvalue weighted by atomic mass is 35.5. The first-order chi connectivity index (χ1) is 20.4. The van der Waals surface area contributed by atoms with Gasteiger partial charge in [-0.1, -0.05) is 54.1 Å². The summed E-state index contributed by atoms with van der Waals surface area (Å²) < 4.78 is 17.1. The van der Waals surface area contributed by atoms with Crippen LogP contribution in [0.4, 0.5) is 10.5 Å². The van der Waals surface area contributed by atoms with Gasteiger partial charge in [-0.05, 0) is 83.1 Å². The third kappa shape index (κ3) is 6.53. The predicted molar refractivity (Wildman–Crippen MR) is 165 cm³/mol. The Morgan fingerprint density at radius 1 is 1.00 bits per heavy atom. The van der Waals surface area contributed by atoms with E-state index in [9.17, 15) is 14.4 Å². The minimum atomic E-state index is -0.569. The Balaban J connectivity index is 1.31. The second-order valence-corrected chi connectivity index (χ2v) is 10.6. The Morgan fingerprint density at radius 2 is 1.76 bits per heavy atom. The fourth-order valence-electron chi connectivity index (χ4n) is 4.45. The van der Waals surface area contributed by atoms with E-state index in [-0.39, 0.29) is 11.5 Å². The standard InChI is InChI=1S/C32H27ClN2O6S/c1-3-40-27-16-20(15-26(33)30(27)41-19-22-9-6-8-21-7-4-5-10-25(21)22)17-28-31(37)35(32(38)42-28)18-29(36)34-23-11-13-24(39-2)14-12-23/h4-17H,3,18-19H2,1-2H3,(H,34,36)/b28-17+. The number of carbonyl (C=O) groups excluding carboxylic acids is 3. The van der Waals surface area contributed by atoms with Gasteiger partial charge in [-0.15, -0.1) is 0 Å². The summed E-state index contributed by atoms with van der Waals surface area (Å²) in [5, 5.41) is 4.63. The summed E-state index contributed by atoms with van der Waals surface area (Å²) >= 11 is 7.39. The number of hydrogen-bond donors (Lipinski definition) is 1. The van der Waals surface area contributed by atoms with Crippen molar-refractivity contribution in [3.63, 3.8) is 0 Å². The number of carbonyl (C=O) groups is 3. The van der Waals surface area contributed by atoms with Crippen LogP contribution in [0.3, 0.4) is 0 Å². The number of amides is 3. The smallest absolute Gasteiger partial charge is 0.294 e. The van der Waals surface area contributed by atoms with Gasteiger partial charge >= 0.3 is 0 Å². The van der Waals surface area contributed by atoms with Crippen molar-refractivity contribution in [1.29, 1.82) is 0 Å². The molecular weight excluding hydrogens is 576 g/mol. The van der Waals surface area contributed by atoms with Crippen LogP contribution in [0.5, 0.6) is 17.2 Å². The number of methoxy groups -OCH3 is 1. The monoisotopic (exact) mass is 602 g/mol. The molecule has 42 heavy (non-hydrogen) atoms. The number of fused-ring (bicyclic) bond motifs is 1. The molecule has 1 aliphatic rings. The molecule has 0 saturated carbocycles. The number of anilines is 1. The zero-order chi connectivity index (χ0) is 29.6. The maximum atomic E-state index is 13.1. The maximum absolute atomic E-state index is 13.1. The molecule has 1 aliphatic heterocycles. The van der Waals surface area contributed by atoms with Crippen molar-refractivity contribution in [1.82, 2.24) is 4.90 Å². The summed E-state index contributed by atoms with van der Waals surface area (Å²) in [4.78, 5) is 39.3. The maximum Gasteiger partial charge on any atom is 0.294 e. The van der Waals surface area contributed by atoms with Gasteiger partial charge in [0.05, 0.1) is 23.6 Å². The molecule has 1 saturated heterocycles. The van der Waals surface area contributed by atoms with E-state index in [1.807, 2.05) is 49.4 Å². The Labute approximate surface area is 252 Å². The van der Waals surface area contributed by atoms with Gasteiger partial charge in [-0.2, -0.15) is 0 Å². The van der Waals surface area contributed by atoms with Crippen molar-refractivity contribution < 1.29 is 28.6 Å². The Bertz CT molecular complexity index is 1680. The lowest BCUT2D eigenvalue weighted by atomic mass is 10.1. The summed E-state index contributed by atoms with van der Waals surface area (Å²) in [5.41, 5.74) is 2.07. The van der Waals surface area contributed by atoms with Crippen molar-refractivity contribution in [2.24, 2.45) is 0 Å². The van der Waals surface area contributed by atoms with Gasteiger partial charge < -0.3 is 19.5 Å². The SMILES string of the molecule is CCOc1cc(/C=C2/SC(=O)N(CC(=O)Nc3ccc(OC)cc3)C2=O)cc(Cl)c1OCc1cccc2ccccc12. The Morgan fingerprint density at radius 3 is 2.52 bits per heavy atom. The molecule has 214 valence electrons. The van der Waals surface area contributed by atoms with Crippen molar-refractivity contribution in [3.05, 3.63) is 99.9 Å². The van der Waals surface area contributed by atoms with Crippen molar-refractivity contribution in [3.8, 4) is 17.2 Å². The topological polar surface area (TPSA) is 94.2 Å². The lowest BCUT2D eigenvalue weighted by molar-refractivity contribution is -0.127. The molecule has 0 atom stereocenters. The second-order valence-electron chi connectivity index (χ2n) is 9.23. The van der Waals surface area contributed by atoms with E-state index in [0.717, 1.165) is 33.0 Å². The number of nitrogens with zero attached hydrogens (tertiary/aromatic N) is 1. The van der Waals surface area contributed by atoms with E-state index < -0.39 is 23.6 Å². The number of rotatable bonds is 10. The van der Waals surface area contributed by atoms with Crippen LogP contribution in [-0.2, 0) is 16.2 Å². The quantitative estimate of drug-likeness (QED) is 0.193. The molecule has 0 aromatic heterocycles. The number of hydrogen-bond acceptors (Lipinski definition) is 7. The average molecular weight is 603 g/mol. The normalized spacial score (nSPS) is 14.0. The van der Waals surface area contributed by atoms with Gasteiger partial charge in [0.2, 0.25) is 5.91 Å². The number of nitrogens with one attached hydrogen (secondary N) is 1. The van der Waals surface area contributed by atoms with Crippen LogP contribution >= 0.6 is 23.4 Å². The number of halogens is 1. The lowest BCUT2D eigenvalue weighted by Crippen LogP contribution is -2.36. The summed E-state index contributed by atoms with van der Waals surface area (Å²) in [6.07, 6.45) is 1.55. The molecule has 8 nitrogen and oxygen atoms in total. The van der Waals surface area contributed by atoms with E-state index in [1.165, 1.54) is 0 Å². The molecule has 0 aliphatic carbocycles. The first-order valence-electron chi connectivity index (χ1n) is 13.1. The fourth-order valence-corrected chi connectivity index (χ4v) is 5.56. The molecule has 1 heterocycles. The first-order valence-corrected chi connectivity index (χ1v) is 14.3. The molecule has 5 rings (SSSR count). The van der Waals surface area contributed by atoms with E-state index in [0.29, 0.717) is 40.1 Å². The molecule has 4 aromatic rings. The van der Waals surface area contributed by atoms with Gasteiger partial charge in [0.1, 0.15) is 18.9 Å². The number of benzene rings is 4. The predicted octanol–water partition coefficient (Wildman–Crippen LogP) is 7.15. The van der Waals surface area contributed by atoms with Crippen LogP contribution in [0.2, 0.25) is 5.02 Å². The van der Waals surface area contributed by atoms with Crippen LogP contribution in [0.1, 0.15) is 18.1 Å². The third-order valence-electron chi connectivity index (χ3n) is 6.43. The van der Waals surface area contributed by atoms with E-state index in [2.05, 4.69) is 5.32 Å². The fraction of sp³-hybridized carbons (Fsp3) is 0.156. The van der Waals surface area contributed by atoms with Crippen LogP contribution in [0.25, 0.3) is 16.8 Å². The largest absolute Gasteiger partial charge is 0.497 e. The molecule has 0 radical (unpaired) electrons. The van der Waals surface area contributed by atoms with Gasteiger partial charge in [0.15, 0.2) is 11.5 Å². The van der Waals surface area contributed by atoms with Gasteiger partial charge in [0, 0.05) is 5.69 Å².